The first kappa shape index (κ1) is 14.7. The SMILES string of the molecule is CNCc1ccc2c(N(C)c3ccccc3)cc3nncn3c2c1. The average Bonchev–Trinajstić information content (AvgIpc) is 3.10. The summed E-state index contributed by atoms with van der Waals surface area (Å²) in [5.41, 5.74) is 5.46. The van der Waals surface area contributed by atoms with Crippen molar-refractivity contribution in [3.05, 3.63) is 66.5 Å². The first-order chi connectivity index (χ1) is 11.8. The Labute approximate surface area is 140 Å². The van der Waals surface area contributed by atoms with Gasteiger partial charge in [-0.2, -0.15) is 0 Å². The summed E-state index contributed by atoms with van der Waals surface area (Å²) in [6.45, 7) is 0.832. The van der Waals surface area contributed by atoms with E-state index in [-0.39, 0.29) is 0 Å². The molecule has 5 nitrogen and oxygen atoms in total. The third-order valence-corrected chi connectivity index (χ3v) is 4.32. The van der Waals surface area contributed by atoms with Crippen LogP contribution in [0.4, 0.5) is 11.4 Å². The highest BCUT2D eigenvalue weighted by atomic mass is 15.2. The lowest BCUT2D eigenvalue weighted by molar-refractivity contribution is 0.818. The Kier molecular flexibility index (Phi) is 3.63. The van der Waals surface area contributed by atoms with Crippen LogP contribution in [-0.4, -0.2) is 28.7 Å². The smallest absolute Gasteiger partial charge is 0.163 e. The first-order valence-corrected chi connectivity index (χ1v) is 7.96. The van der Waals surface area contributed by atoms with Gasteiger partial charge in [-0.05, 0) is 30.8 Å². The first-order valence-electron chi connectivity index (χ1n) is 7.96. The minimum atomic E-state index is 0.832. The maximum Gasteiger partial charge on any atom is 0.163 e. The third-order valence-electron chi connectivity index (χ3n) is 4.32. The number of nitrogens with one attached hydrogen (secondary N) is 1. The summed E-state index contributed by atoms with van der Waals surface area (Å²) in [5.74, 6) is 0. The van der Waals surface area contributed by atoms with Gasteiger partial charge in [0.1, 0.15) is 6.33 Å². The van der Waals surface area contributed by atoms with E-state index in [2.05, 4.69) is 76.0 Å². The van der Waals surface area contributed by atoms with Crippen LogP contribution in [0.25, 0.3) is 16.6 Å². The van der Waals surface area contributed by atoms with Gasteiger partial charge in [0.05, 0.1) is 11.2 Å². The van der Waals surface area contributed by atoms with Crippen molar-refractivity contribution in [2.24, 2.45) is 0 Å². The van der Waals surface area contributed by atoms with E-state index in [1.165, 1.54) is 10.9 Å². The normalized spacial score (nSPS) is 11.2. The number of nitrogens with zero attached hydrogens (tertiary/aromatic N) is 4. The topological polar surface area (TPSA) is 45.5 Å². The maximum atomic E-state index is 4.25. The Balaban J connectivity index is 1.97. The van der Waals surface area contributed by atoms with Crippen LogP contribution in [0.5, 0.6) is 0 Å². The second-order valence-corrected chi connectivity index (χ2v) is 5.87. The molecule has 1 N–H and O–H groups in total. The minimum absolute atomic E-state index is 0.832. The molecule has 0 atom stereocenters. The van der Waals surface area contributed by atoms with Gasteiger partial charge in [0.25, 0.3) is 0 Å². The molecule has 0 aliphatic heterocycles. The van der Waals surface area contributed by atoms with Crippen LogP contribution in [0.3, 0.4) is 0 Å². The van der Waals surface area contributed by atoms with E-state index in [0.29, 0.717) is 0 Å². The lowest BCUT2D eigenvalue weighted by Gasteiger charge is -2.22. The van der Waals surface area contributed by atoms with E-state index in [1.807, 2.05) is 17.5 Å². The molecule has 0 amide bonds. The van der Waals surface area contributed by atoms with E-state index in [4.69, 9.17) is 0 Å². The molecule has 0 aliphatic rings. The van der Waals surface area contributed by atoms with Gasteiger partial charge in [-0.3, -0.25) is 4.40 Å². The molecular formula is C19H19N5. The molecule has 2 heterocycles. The summed E-state index contributed by atoms with van der Waals surface area (Å²) in [7, 11) is 4.04. The average molecular weight is 317 g/mol. The Morgan fingerprint density at radius 1 is 1.08 bits per heavy atom. The predicted molar refractivity (Wildman–Crippen MR) is 97.8 cm³/mol. The summed E-state index contributed by atoms with van der Waals surface area (Å²) in [4.78, 5) is 2.19. The second-order valence-electron chi connectivity index (χ2n) is 5.87. The van der Waals surface area contributed by atoms with Gasteiger partial charge < -0.3 is 10.2 Å². The number of para-hydroxylation sites is 1. The van der Waals surface area contributed by atoms with Crippen molar-refractivity contribution in [1.82, 2.24) is 19.9 Å². The van der Waals surface area contributed by atoms with Crippen molar-refractivity contribution in [3.8, 4) is 0 Å². The van der Waals surface area contributed by atoms with Crippen molar-refractivity contribution in [1.29, 1.82) is 0 Å². The van der Waals surface area contributed by atoms with Gasteiger partial charge >= 0.3 is 0 Å². The number of benzene rings is 2. The summed E-state index contributed by atoms with van der Waals surface area (Å²) >= 11 is 0. The molecule has 0 fully saturated rings. The molecule has 0 unspecified atom stereocenters. The quantitative estimate of drug-likeness (QED) is 0.627. The number of fused-ring (bicyclic) bond motifs is 3. The predicted octanol–water partition coefficient (Wildman–Crippen LogP) is 3.37. The number of anilines is 2. The Morgan fingerprint density at radius 2 is 1.92 bits per heavy atom. The zero-order valence-electron chi connectivity index (χ0n) is 13.8. The van der Waals surface area contributed by atoms with Gasteiger partial charge in [-0.25, -0.2) is 0 Å². The van der Waals surface area contributed by atoms with Crippen molar-refractivity contribution >= 4 is 27.9 Å². The van der Waals surface area contributed by atoms with Gasteiger partial charge in [0.2, 0.25) is 0 Å². The Morgan fingerprint density at radius 3 is 2.71 bits per heavy atom. The summed E-state index contributed by atoms with van der Waals surface area (Å²) in [6, 6.07) is 19.0. The highest BCUT2D eigenvalue weighted by molar-refractivity contribution is 5.96. The standard InChI is InChI=1S/C19H19N5/c1-20-12-14-8-9-16-17(23(2)15-6-4-3-5-7-15)11-19-22-21-13-24(19)18(16)10-14/h3-11,13,20H,12H2,1-2H3. The summed E-state index contributed by atoms with van der Waals surface area (Å²) in [5, 5.41) is 12.7. The van der Waals surface area contributed by atoms with E-state index in [0.717, 1.165) is 29.1 Å². The van der Waals surface area contributed by atoms with Crippen LogP contribution in [0.15, 0.2) is 60.9 Å². The van der Waals surface area contributed by atoms with Gasteiger partial charge in [0, 0.05) is 30.7 Å². The van der Waals surface area contributed by atoms with Crippen LogP contribution >= 0.6 is 0 Å². The molecule has 0 saturated carbocycles. The van der Waals surface area contributed by atoms with Crippen molar-refractivity contribution in [2.75, 3.05) is 19.0 Å². The number of hydrogen-bond donors (Lipinski definition) is 1. The maximum absolute atomic E-state index is 4.25. The lowest BCUT2D eigenvalue weighted by Crippen LogP contribution is -2.11. The van der Waals surface area contributed by atoms with E-state index >= 15 is 0 Å². The van der Waals surface area contributed by atoms with Crippen LogP contribution in [0, 0.1) is 0 Å². The molecule has 2 aromatic heterocycles. The zero-order valence-corrected chi connectivity index (χ0v) is 13.8. The molecule has 120 valence electrons. The number of hydrogen-bond acceptors (Lipinski definition) is 4. The third kappa shape index (κ3) is 2.39. The van der Waals surface area contributed by atoms with Crippen molar-refractivity contribution in [3.63, 3.8) is 0 Å². The summed E-state index contributed by atoms with van der Waals surface area (Å²) in [6.07, 6.45) is 1.77. The number of aromatic nitrogens is 3. The molecule has 4 aromatic rings. The highest BCUT2D eigenvalue weighted by Gasteiger charge is 2.13. The molecule has 24 heavy (non-hydrogen) atoms. The number of pyridine rings is 1. The van der Waals surface area contributed by atoms with E-state index in [1.54, 1.807) is 6.33 Å². The van der Waals surface area contributed by atoms with E-state index < -0.39 is 0 Å². The Hall–Kier alpha value is -2.92. The fourth-order valence-electron chi connectivity index (χ4n) is 3.10. The largest absolute Gasteiger partial charge is 0.344 e. The molecule has 0 spiro atoms. The Bertz CT molecular complexity index is 991. The second kappa shape index (κ2) is 5.94. The van der Waals surface area contributed by atoms with Gasteiger partial charge in [-0.15, -0.1) is 10.2 Å². The number of rotatable bonds is 4. The fourth-order valence-corrected chi connectivity index (χ4v) is 3.10. The lowest BCUT2D eigenvalue weighted by atomic mass is 10.1. The highest BCUT2D eigenvalue weighted by Crippen LogP contribution is 2.32. The van der Waals surface area contributed by atoms with Crippen molar-refractivity contribution < 1.29 is 0 Å². The zero-order chi connectivity index (χ0) is 16.5. The molecule has 0 aliphatic carbocycles. The fraction of sp³-hybridized carbons (Fsp3) is 0.158. The monoisotopic (exact) mass is 317 g/mol. The molecule has 5 heteroatoms. The van der Waals surface area contributed by atoms with Crippen LogP contribution in [-0.2, 0) is 6.54 Å². The molecule has 0 bridgehead atoms. The summed E-state index contributed by atoms with van der Waals surface area (Å²) < 4.78 is 2.04. The van der Waals surface area contributed by atoms with E-state index in [9.17, 15) is 0 Å². The molecule has 4 rings (SSSR count). The molecule has 2 aromatic carbocycles. The van der Waals surface area contributed by atoms with Crippen LogP contribution in [0.1, 0.15) is 5.56 Å². The van der Waals surface area contributed by atoms with Crippen molar-refractivity contribution in [2.45, 2.75) is 6.54 Å². The van der Waals surface area contributed by atoms with Gasteiger partial charge in [0.15, 0.2) is 5.65 Å². The molecular weight excluding hydrogens is 298 g/mol. The molecule has 0 saturated heterocycles. The minimum Gasteiger partial charge on any atom is -0.344 e. The van der Waals surface area contributed by atoms with Gasteiger partial charge in [-0.1, -0.05) is 30.3 Å². The van der Waals surface area contributed by atoms with Crippen LogP contribution in [0.2, 0.25) is 0 Å². The van der Waals surface area contributed by atoms with Crippen LogP contribution < -0.4 is 10.2 Å². The molecule has 0 radical (unpaired) electrons.